The van der Waals surface area contributed by atoms with E-state index in [1.54, 1.807) is 32.0 Å². The van der Waals surface area contributed by atoms with Gasteiger partial charge in [0, 0.05) is 11.3 Å². The molecule has 0 radical (unpaired) electrons. The monoisotopic (exact) mass is 303 g/mol. The zero-order chi connectivity index (χ0) is 16.9. The van der Waals surface area contributed by atoms with Crippen molar-refractivity contribution in [3.05, 3.63) is 35.9 Å². The molecule has 0 aliphatic rings. The van der Waals surface area contributed by atoms with Crippen LogP contribution in [0.4, 0.5) is 5.69 Å². The quantitative estimate of drug-likeness (QED) is 0.803. The first-order valence-corrected chi connectivity index (χ1v) is 7.20. The highest BCUT2D eigenvalue weighted by Gasteiger charge is 2.14. The number of hydrogen-bond donors (Lipinski definition) is 3. The molecule has 118 valence electrons. The minimum absolute atomic E-state index is 0.00216. The van der Waals surface area contributed by atoms with Crippen LogP contribution in [0.3, 0.4) is 0 Å². The lowest BCUT2D eigenvalue weighted by molar-refractivity contribution is -0.118. The van der Waals surface area contributed by atoms with E-state index < -0.39 is 5.97 Å². The topological polar surface area (TPSA) is 86.6 Å². The number of carbonyl (C=O) groups is 2. The number of rotatable bonds is 3. The summed E-state index contributed by atoms with van der Waals surface area (Å²) < 4.78 is 0. The summed E-state index contributed by atoms with van der Waals surface area (Å²) in [7, 11) is 0. The third-order valence-corrected chi connectivity index (χ3v) is 2.99. The van der Waals surface area contributed by atoms with Gasteiger partial charge in [-0.25, -0.2) is 4.79 Å². The maximum Gasteiger partial charge on any atom is 0.335 e. The molecule has 22 heavy (non-hydrogen) atoms. The highest BCUT2D eigenvalue weighted by atomic mass is 16.4. The van der Waals surface area contributed by atoms with Crippen LogP contribution in [-0.4, -0.2) is 22.1 Å². The Morgan fingerprint density at radius 2 is 1.77 bits per heavy atom. The number of amides is 1. The Morgan fingerprint density at radius 1 is 1.14 bits per heavy atom. The number of aromatic hydroxyl groups is 1. The van der Waals surface area contributed by atoms with Crippen molar-refractivity contribution < 1.29 is 19.8 Å². The van der Waals surface area contributed by atoms with Gasteiger partial charge in [-0.1, -0.05) is 39.8 Å². The molecule has 2 aromatic rings. The van der Waals surface area contributed by atoms with Gasteiger partial charge in [0.15, 0.2) is 0 Å². The maximum absolute atomic E-state index is 11.8. The lowest BCUT2D eigenvalue weighted by Gasteiger charge is -2.12. The summed E-state index contributed by atoms with van der Waals surface area (Å²) in [6.07, 6.45) is 0. The summed E-state index contributed by atoms with van der Waals surface area (Å²) >= 11 is 0. The summed E-state index contributed by atoms with van der Waals surface area (Å²) in [4.78, 5) is 22.7. The first-order chi connectivity index (χ1) is 10.4. The minimum atomic E-state index is -1.11. The fraction of sp³-hybridized carbons (Fsp3) is 0.294. The van der Waals surface area contributed by atoms with Gasteiger partial charge < -0.3 is 15.5 Å². The Balaban J connectivity index is 0.00000116. The fourth-order valence-electron chi connectivity index (χ4n) is 1.91. The lowest BCUT2D eigenvalue weighted by Crippen LogP contribution is -2.17. The van der Waals surface area contributed by atoms with Crippen molar-refractivity contribution in [2.75, 3.05) is 5.32 Å². The predicted octanol–water partition coefficient (Wildman–Crippen LogP) is 3.86. The van der Waals surface area contributed by atoms with E-state index in [1.807, 2.05) is 13.8 Å². The molecule has 1 amide bonds. The molecule has 0 aromatic heterocycles. The van der Waals surface area contributed by atoms with Gasteiger partial charge in [0.05, 0.1) is 11.3 Å². The molecule has 5 heteroatoms. The lowest BCUT2D eigenvalue weighted by atomic mass is 10.0. The van der Waals surface area contributed by atoms with Gasteiger partial charge in [0.1, 0.15) is 5.75 Å². The number of phenolic OH excluding ortho intramolecular Hbond substituents is 1. The molecule has 3 N–H and O–H groups in total. The standard InChI is InChI=1S/C15H15NO4.C2H6/c1-8(2)14(18)16-11-5-3-4-9-6-10(15(19)20)7-12(17)13(9)11;1-2/h3-8,17H,1-2H3,(H,16,18)(H,19,20);1-2H3. The molecule has 2 rings (SSSR count). The smallest absolute Gasteiger partial charge is 0.335 e. The average molecular weight is 303 g/mol. The molecule has 0 heterocycles. The van der Waals surface area contributed by atoms with Crippen LogP contribution in [-0.2, 0) is 4.79 Å². The van der Waals surface area contributed by atoms with E-state index in [0.717, 1.165) is 0 Å². The van der Waals surface area contributed by atoms with E-state index in [-0.39, 0.29) is 23.1 Å². The van der Waals surface area contributed by atoms with Crippen LogP contribution >= 0.6 is 0 Å². The molecular formula is C17H21NO4. The van der Waals surface area contributed by atoms with Crippen LogP contribution < -0.4 is 5.32 Å². The van der Waals surface area contributed by atoms with Crippen molar-refractivity contribution in [1.29, 1.82) is 0 Å². The van der Waals surface area contributed by atoms with Gasteiger partial charge in [-0.3, -0.25) is 4.79 Å². The van der Waals surface area contributed by atoms with Crippen LogP contribution in [0, 0.1) is 5.92 Å². The molecule has 0 unspecified atom stereocenters. The Kier molecular flexibility index (Phi) is 5.92. The molecule has 0 atom stereocenters. The van der Waals surface area contributed by atoms with E-state index in [1.165, 1.54) is 12.1 Å². The second kappa shape index (κ2) is 7.45. The van der Waals surface area contributed by atoms with Crippen molar-refractivity contribution in [3.63, 3.8) is 0 Å². The second-order valence-corrected chi connectivity index (χ2v) is 4.85. The molecule has 0 aliphatic carbocycles. The van der Waals surface area contributed by atoms with Crippen molar-refractivity contribution in [2.45, 2.75) is 27.7 Å². The summed E-state index contributed by atoms with van der Waals surface area (Å²) in [6.45, 7) is 7.53. The molecule has 2 aromatic carbocycles. The van der Waals surface area contributed by atoms with Crippen molar-refractivity contribution in [2.24, 2.45) is 5.92 Å². The fourth-order valence-corrected chi connectivity index (χ4v) is 1.91. The van der Waals surface area contributed by atoms with E-state index in [4.69, 9.17) is 5.11 Å². The van der Waals surface area contributed by atoms with E-state index in [2.05, 4.69) is 5.32 Å². The molecule has 0 saturated carbocycles. The number of carboxylic acids is 1. The second-order valence-electron chi connectivity index (χ2n) is 4.85. The summed E-state index contributed by atoms with van der Waals surface area (Å²) in [6, 6.07) is 7.69. The van der Waals surface area contributed by atoms with Gasteiger partial charge in [0.25, 0.3) is 0 Å². The van der Waals surface area contributed by atoms with Crippen LogP contribution in [0.15, 0.2) is 30.3 Å². The van der Waals surface area contributed by atoms with Crippen LogP contribution in [0.1, 0.15) is 38.1 Å². The number of nitrogens with one attached hydrogen (secondary N) is 1. The van der Waals surface area contributed by atoms with E-state index in [0.29, 0.717) is 16.5 Å². The predicted molar refractivity (Wildman–Crippen MR) is 87.4 cm³/mol. The van der Waals surface area contributed by atoms with Crippen LogP contribution in [0.25, 0.3) is 10.8 Å². The molecule has 5 nitrogen and oxygen atoms in total. The Labute approximate surface area is 129 Å². The van der Waals surface area contributed by atoms with Crippen molar-refractivity contribution in [3.8, 4) is 5.75 Å². The minimum Gasteiger partial charge on any atom is -0.507 e. The van der Waals surface area contributed by atoms with Gasteiger partial charge >= 0.3 is 5.97 Å². The number of aromatic carboxylic acids is 1. The highest BCUT2D eigenvalue weighted by molar-refractivity contribution is 6.07. The largest absolute Gasteiger partial charge is 0.507 e. The SMILES string of the molecule is CC.CC(C)C(=O)Nc1cccc2cc(C(=O)O)cc(O)c12. The third-order valence-electron chi connectivity index (χ3n) is 2.99. The van der Waals surface area contributed by atoms with Gasteiger partial charge in [-0.05, 0) is 23.6 Å². The third kappa shape index (κ3) is 3.75. The molecule has 0 bridgehead atoms. The molecule has 0 fully saturated rings. The van der Waals surface area contributed by atoms with E-state index >= 15 is 0 Å². The first kappa shape index (κ1) is 17.5. The molecular weight excluding hydrogens is 282 g/mol. The number of phenols is 1. The number of carbonyl (C=O) groups excluding carboxylic acids is 1. The Morgan fingerprint density at radius 3 is 2.32 bits per heavy atom. The first-order valence-electron chi connectivity index (χ1n) is 7.20. The van der Waals surface area contributed by atoms with Crippen molar-refractivity contribution in [1.82, 2.24) is 0 Å². The highest BCUT2D eigenvalue weighted by Crippen LogP contribution is 2.33. The number of anilines is 1. The number of benzene rings is 2. The average Bonchev–Trinajstić information content (AvgIpc) is 2.48. The molecule has 0 spiro atoms. The maximum atomic E-state index is 11.8. The zero-order valence-electron chi connectivity index (χ0n) is 13.2. The van der Waals surface area contributed by atoms with Crippen molar-refractivity contribution >= 4 is 28.3 Å². The summed E-state index contributed by atoms with van der Waals surface area (Å²) in [5.74, 6) is -1.64. The van der Waals surface area contributed by atoms with Crippen LogP contribution in [0.5, 0.6) is 5.75 Å². The van der Waals surface area contributed by atoms with Gasteiger partial charge in [0.2, 0.25) is 5.91 Å². The van der Waals surface area contributed by atoms with E-state index in [9.17, 15) is 14.7 Å². The molecule has 0 saturated heterocycles. The summed E-state index contributed by atoms with van der Waals surface area (Å²) in [5, 5.41) is 22.7. The summed E-state index contributed by atoms with van der Waals surface area (Å²) in [5.41, 5.74) is 0.470. The van der Waals surface area contributed by atoms with Crippen LogP contribution in [0.2, 0.25) is 0 Å². The zero-order valence-corrected chi connectivity index (χ0v) is 13.2. The molecule has 0 aliphatic heterocycles. The number of carboxylic acid groups (broad SMARTS) is 1. The van der Waals surface area contributed by atoms with Gasteiger partial charge in [-0.15, -0.1) is 0 Å². The normalized spacial score (nSPS) is 10.0. The van der Waals surface area contributed by atoms with Gasteiger partial charge in [-0.2, -0.15) is 0 Å². The number of fused-ring (bicyclic) bond motifs is 1. The Hall–Kier alpha value is -2.56. The number of hydrogen-bond acceptors (Lipinski definition) is 3. The Bertz CT molecular complexity index is 692.